The fraction of sp³-hybridized carbons (Fsp3) is 0.250. The predicted molar refractivity (Wildman–Crippen MR) is 104 cm³/mol. The van der Waals surface area contributed by atoms with Crippen molar-refractivity contribution in [2.75, 3.05) is 23.3 Å². The minimum absolute atomic E-state index is 0.182. The van der Waals surface area contributed by atoms with Crippen molar-refractivity contribution in [2.45, 2.75) is 19.8 Å². The maximum atomic E-state index is 12.2. The zero-order valence-electron chi connectivity index (χ0n) is 14.7. The van der Waals surface area contributed by atoms with Gasteiger partial charge in [0.2, 0.25) is 5.91 Å². The molecule has 0 bridgehead atoms. The summed E-state index contributed by atoms with van der Waals surface area (Å²) in [5, 5.41) is 6.66. The van der Waals surface area contributed by atoms with Crippen LogP contribution in [0.5, 0.6) is 0 Å². The minimum atomic E-state index is -0.331. The molecule has 3 rings (SSSR count). The number of nitrogens with one attached hydrogen (secondary N) is 2. The summed E-state index contributed by atoms with van der Waals surface area (Å²) in [5.74, 6) is -0.514. The van der Waals surface area contributed by atoms with Gasteiger partial charge < -0.3 is 10.2 Å². The number of nitrogens with zero attached hydrogens (tertiary/aromatic N) is 2. The van der Waals surface area contributed by atoms with Gasteiger partial charge in [-0.15, -0.1) is 0 Å². The van der Waals surface area contributed by atoms with Crippen LogP contribution in [0.25, 0.3) is 0 Å². The van der Waals surface area contributed by atoms with Crippen molar-refractivity contribution in [3.05, 3.63) is 59.7 Å². The topological polar surface area (TPSA) is 73.8 Å². The minimum Gasteiger partial charge on any atom is -0.372 e. The highest BCUT2D eigenvalue weighted by molar-refractivity contribution is 5.97. The van der Waals surface area contributed by atoms with Gasteiger partial charge in [-0.3, -0.25) is 9.59 Å². The molecular weight excluding hydrogens is 328 g/mol. The molecule has 134 valence electrons. The molecule has 1 saturated heterocycles. The largest absolute Gasteiger partial charge is 0.372 e. The van der Waals surface area contributed by atoms with Gasteiger partial charge in [0.1, 0.15) is 0 Å². The van der Waals surface area contributed by atoms with Gasteiger partial charge in [-0.05, 0) is 48.7 Å². The molecular formula is C20H22N4O2. The van der Waals surface area contributed by atoms with Crippen LogP contribution in [0.15, 0.2) is 53.6 Å². The molecule has 1 heterocycles. The summed E-state index contributed by atoms with van der Waals surface area (Å²) in [4.78, 5) is 25.6. The second-order valence-electron chi connectivity index (χ2n) is 6.25. The Morgan fingerprint density at radius 1 is 1.08 bits per heavy atom. The van der Waals surface area contributed by atoms with Crippen LogP contribution in [0.3, 0.4) is 0 Å². The number of hydrogen-bond acceptors (Lipinski definition) is 4. The number of hydrogen-bond donors (Lipinski definition) is 2. The van der Waals surface area contributed by atoms with Crippen molar-refractivity contribution in [1.29, 1.82) is 0 Å². The van der Waals surface area contributed by atoms with Crippen molar-refractivity contribution in [1.82, 2.24) is 5.43 Å². The number of amides is 2. The Bertz CT molecular complexity index is 809. The smallest absolute Gasteiger partial charge is 0.271 e. The Balaban J connectivity index is 1.57. The molecule has 0 aliphatic carbocycles. The average molecular weight is 350 g/mol. The first-order chi connectivity index (χ1) is 12.6. The molecule has 0 saturated carbocycles. The fourth-order valence-corrected chi connectivity index (χ4v) is 2.92. The highest BCUT2D eigenvalue weighted by Crippen LogP contribution is 2.19. The molecule has 1 aliphatic rings. The van der Waals surface area contributed by atoms with E-state index in [0.29, 0.717) is 11.3 Å². The van der Waals surface area contributed by atoms with Crippen LogP contribution in [0.4, 0.5) is 11.4 Å². The van der Waals surface area contributed by atoms with E-state index in [0.717, 1.165) is 18.7 Å². The molecule has 0 aromatic heterocycles. The first kappa shape index (κ1) is 17.7. The van der Waals surface area contributed by atoms with Crippen LogP contribution >= 0.6 is 0 Å². The van der Waals surface area contributed by atoms with Crippen molar-refractivity contribution in [3.8, 4) is 0 Å². The highest BCUT2D eigenvalue weighted by Gasteiger charge is 2.11. The summed E-state index contributed by atoms with van der Waals surface area (Å²) < 4.78 is 0. The Morgan fingerprint density at radius 2 is 1.81 bits per heavy atom. The molecule has 2 aromatic carbocycles. The fourth-order valence-electron chi connectivity index (χ4n) is 2.92. The van der Waals surface area contributed by atoms with E-state index >= 15 is 0 Å². The number of anilines is 2. The highest BCUT2D eigenvalue weighted by atomic mass is 16.2. The maximum Gasteiger partial charge on any atom is 0.271 e. The van der Waals surface area contributed by atoms with E-state index in [4.69, 9.17) is 0 Å². The van der Waals surface area contributed by atoms with E-state index in [1.54, 1.807) is 30.5 Å². The molecule has 26 heavy (non-hydrogen) atoms. The summed E-state index contributed by atoms with van der Waals surface area (Å²) in [5.41, 5.74) is 5.65. The molecule has 2 aromatic rings. The lowest BCUT2D eigenvalue weighted by molar-refractivity contribution is -0.114. The molecule has 0 unspecified atom stereocenters. The zero-order valence-corrected chi connectivity index (χ0v) is 14.7. The summed E-state index contributed by atoms with van der Waals surface area (Å²) in [6, 6.07) is 14.8. The van der Waals surface area contributed by atoms with E-state index < -0.39 is 0 Å². The lowest BCUT2D eigenvalue weighted by Gasteiger charge is -2.17. The number of carbonyl (C=O) groups is 2. The lowest BCUT2D eigenvalue weighted by Crippen LogP contribution is -2.18. The third kappa shape index (κ3) is 4.69. The van der Waals surface area contributed by atoms with E-state index in [1.165, 1.54) is 25.5 Å². The van der Waals surface area contributed by atoms with Gasteiger partial charge >= 0.3 is 0 Å². The molecule has 1 aliphatic heterocycles. The normalized spacial score (nSPS) is 13.8. The summed E-state index contributed by atoms with van der Waals surface area (Å²) in [6.07, 6.45) is 4.11. The molecule has 0 spiro atoms. The average Bonchev–Trinajstić information content (AvgIpc) is 3.16. The van der Waals surface area contributed by atoms with Crippen LogP contribution in [-0.4, -0.2) is 31.1 Å². The molecule has 2 amide bonds. The molecule has 2 N–H and O–H groups in total. The standard InChI is InChI=1S/C20H22N4O2/c1-15(25)22-18-6-4-5-17(13-18)20(26)23-21-14-16-7-9-19(10-8-16)24-11-2-3-12-24/h4-10,13-14H,2-3,11-12H2,1H3,(H,22,25)(H,23,26)/b21-14+. The quantitative estimate of drug-likeness (QED) is 0.643. The van der Waals surface area contributed by atoms with Crippen LogP contribution in [-0.2, 0) is 4.79 Å². The molecule has 0 radical (unpaired) electrons. The summed E-state index contributed by atoms with van der Waals surface area (Å²) in [7, 11) is 0. The molecule has 6 nitrogen and oxygen atoms in total. The van der Waals surface area contributed by atoms with Gasteiger partial charge in [-0.1, -0.05) is 18.2 Å². The number of carbonyl (C=O) groups excluding carboxylic acids is 2. The Labute approximate surface area is 152 Å². The zero-order chi connectivity index (χ0) is 18.4. The first-order valence-corrected chi connectivity index (χ1v) is 8.68. The Kier molecular flexibility index (Phi) is 5.63. The van der Waals surface area contributed by atoms with Crippen LogP contribution in [0.2, 0.25) is 0 Å². The van der Waals surface area contributed by atoms with E-state index in [9.17, 15) is 9.59 Å². The van der Waals surface area contributed by atoms with Crippen LogP contribution in [0, 0.1) is 0 Å². The van der Waals surface area contributed by atoms with Crippen molar-refractivity contribution in [2.24, 2.45) is 5.10 Å². The molecule has 6 heteroatoms. The van der Waals surface area contributed by atoms with Crippen molar-refractivity contribution >= 4 is 29.4 Å². The number of hydrazone groups is 1. The first-order valence-electron chi connectivity index (χ1n) is 8.68. The maximum absolute atomic E-state index is 12.2. The van der Waals surface area contributed by atoms with Crippen molar-refractivity contribution < 1.29 is 9.59 Å². The van der Waals surface area contributed by atoms with Gasteiger partial charge in [0, 0.05) is 37.0 Å². The third-order valence-corrected chi connectivity index (χ3v) is 4.19. The van der Waals surface area contributed by atoms with E-state index in [-0.39, 0.29) is 11.8 Å². The van der Waals surface area contributed by atoms with E-state index in [1.807, 2.05) is 12.1 Å². The van der Waals surface area contributed by atoms with Crippen LogP contribution in [0.1, 0.15) is 35.7 Å². The van der Waals surface area contributed by atoms with Crippen LogP contribution < -0.4 is 15.6 Å². The number of benzene rings is 2. The lowest BCUT2D eigenvalue weighted by atomic mass is 10.2. The Hall–Kier alpha value is -3.15. The monoisotopic (exact) mass is 350 g/mol. The van der Waals surface area contributed by atoms with Gasteiger partial charge in [-0.25, -0.2) is 5.43 Å². The SMILES string of the molecule is CC(=O)Nc1cccc(C(=O)N/N=C/c2ccc(N3CCCC3)cc2)c1. The number of rotatable bonds is 5. The Morgan fingerprint density at radius 3 is 2.50 bits per heavy atom. The van der Waals surface area contributed by atoms with Gasteiger partial charge in [0.15, 0.2) is 0 Å². The van der Waals surface area contributed by atoms with Crippen molar-refractivity contribution in [3.63, 3.8) is 0 Å². The summed E-state index contributed by atoms with van der Waals surface area (Å²) >= 11 is 0. The molecule has 0 atom stereocenters. The van der Waals surface area contributed by atoms with E-state index in [2.05, 4.69) is 32.9 Å². The third-order valence-electron chi connectivity index (χ3n) is 4.19. The van der Waals surface area contributed by atoms with Gasteiger partial charge in [-0.2, -0.15) is 5.10 Å². The second kappa shape index (κ2) is 8.29. The summed E-state index contributed by atoms with van der Waals surface area (Å²) in [6.45, 7) is 3.65. The second-order valence-corrected chi connectivity index (χ2v) is 6.25. The van der Waals surface area contributed by atoms with Gasteiger partial charge in [0.05, 0.1) is 6.21 Å². The van der Waals surface area contributed by atoms with Gasteiger partial charge in [0.25, 0.3) is 5.91 Å². The predicted octanol–water partition coefficient (Wildman–Crippen LogP) is 3.01. The molecule has 1 fully saturated rings.